The molecule has 20 heavy (non-hydrogen) atoms. The van der Waals surface area contributed by atoms with Crippen molar-refractivity contribution >= 4 is 17.2 Å². The topological polar surface area (TPSA) is 96.5 Å². The Hall–Kier alpha value is -1.83. The van der Waals surface area contributed by atoms with Gasteiger partial charge in [-0.3, -0.25) is 4.79 Å². The normalized spacial score (nSPS) is 16.4. The SMILES string of the molecule is CC(C)C(NC(=O)c1csc(C2CC2)n1)c1nn[nH]n1. The van der Waals surface area contributed by atoms with E-state index in [9.17, 15) is 4.79 Å². The highest BCUT2D eigenvalue weighted by atomic mass is 32.1. The van der Waals surface area contributed by atoms with Gasteiger partial charge in [-0.1, -0.05) is 19.1 Å². The number of aromatic nitrogens is 5. The van der Waals surface area contributed by atoms with Crippen molar-refractivity contribution in [2.45, 2.75) is 38.6 Å². The molecule has 0 aromatic carbocycles. The van der Waals surface area contributed by atoms with Gasteiger partial charge in [0.15, 0.2) is 5.82 Å². The molecule has 1 unspecified atom stereocenters. The van der Waals surface area contributed by atoms with Crippen LogP contribution in [-0.4, -0.2) is 31.5 Å². The van der Waals surface area contributed by atoms with Crippen molar-refractivity contribution in [3.63, 3.8) is 0 Å². The van der Waals surface area contributed by atoms with Gasteiger partial charge in [0.1, 0.15) is 5.69 Å². The van der Waals surface area contributed by atoms with Crippen LogP contribution in [-0.2, 0) is 0 Å². The number of tetrazole rings is 1. The number of H-pyrrole nitrogens is 1. The summed E-state index contributed by atoms with van der Waals surface area (Å²) >= 11 is 1.56. The smallest absolute Gasteiger partial charge is 0.271 e. The van der Waals surface area contributed by atoms with Crippen LogP contribution in [0.3, 0.4) is 0 Å². The van der Waals surface area contributed by atoms with Crippen molar-refractivity contribution in [1.82, 2.24) is 30.9 Å². The van der Waals surface area contributed by atoms with E-state index in [1.54, 1.807) is 11.3 Å². The van der Waals surface area contributed by atoms with Gasteiger partial charge in [0.05, 0.1) is 11.0 Å². The first-order valence-electron chi connectivity index (χ1n) is 6.64. The Labute approximate surface area is 120 Å². The number of nitrogens with one attached hydrogen (secondary N) is 2. The Balaban J connectivity index is 1.72. The molecule has 106 valence electrons. The van der Waals surface area contributed by atoms with Crippen molar-refractivity contribution in [3.8, 4) is 0 Å². The van der Waals surface area contributed by atoms with E-state index in [-0.39, 0.29) is 17.9 Å². The molecule has 0 aliphatic heterocycles. The molecule has 0 radical (unpaired) electrons. The lowest BCUT2D eigenvalue weighted by Crippen LogP contribution is -2.32. The van der Waals surface area contributed by atoms with Gasteiger partial charge in [-0.05, 0) is 18.8 Å². The molecule has 0 saturated heterocycles. The maximum absolute atomic E-state index is 12.3. The third-order valence-electron chi connectivity index (χ3n) is 3.27. The minimum absolute atomic E-state index is 0.165. The van der Waals surface area contributed by atoms with E-state index in [4.69, 9.17) is 0 Å². The van der Waals surface area contributed by atoms with Gasteiger partial charge in [0, 0.05) is 11.3 Å². The Morgan fingerprint density at radius 2 is 2.30 bits per heavy atom. The monoisotopic (exact) mass is 292 g/mol. The second-order valence-electron chi connectivity index (χ2n) is 5.31. The Bertz CT molecular complexity index is 589. The maximum Gasteiger partial charge on any atom is 0.271 e. The zero-order chi connectivity index (χ0) is 14.1. The predicted molar refractivity (Wildman–Crippen MR) is 73.3 cm³/mol. The lowest BCUT2D eigenvalue weighted by molar-refractivity contribution is 0.0918. The second kappa shape index (κ2) is 5.28. The molecule has 0 bridgehead atoms. The zero-order valence-electron chi connectivity index (χ0n) is 11.3. The number of rotatable bonds is 5. The summed E-state index contributed by atoms with van der Waals surface area (Å²) in [6.45, 7) is 4.00. The van der Waals surface area contributed by atoms with Crippen molar-refractivity contribution in [2.24, 2.45) is 5.92 Å². The highest BCUT2D eigenvalue weighted by molar-refractivity contribution is 7.10. The van der Waals surface area contributed by atoms with Gasteiger partial charge in [-0.2, -0.15) is 5.21 Å². The number of aromatic amines is 1. The average molecular weight is 292 g/mol. The number of hydrogen-bond acceptors (Lipinski definition) is 6. The molecule has 2 N–H and O–H groups in total. The van der Waals surface area contributed by atoms with Gasteiger partial charge in [0.25, 0.3) is 5.91 Å². The summed E-state index contributed by atoms with van der Waals surface area (Å²) in [6, 6.07) is -0.271. The van der Waals surface area contributed by atoms with Crippen LogP contribution in [0.15, 0.2) is 5.38 Å². The summed E-state index contributed by atoms with van der Waals surface area (Å²) in [7, 11) is 0. The van der Waals surface area contributed by atoms with Crippen LogP contribution in [0.1, 0.15) is 60.0 Å². The van der Waals surface area contributed by atoms with E-state index < -0.39 is 0 Å². The molecule has 2 aromatic heterocycles. The molecule has 1 aliphatic carbocycles. The third-order valence-corrected chi connectivity index (χ3v) is 4.28. The second-order valence-corrected chi connectivity index (χ2v) is 6.20. The van der Waals surface area contributed by atoms with Crippen LogP contribution >= 0.6 is 11.3 Å². The first-order chi connectivity index (χ1) is 9.65. The highest BCUT2D eigenvalue weighted by Gasteiger charge is 2.28. The summed E-state index contributed by atoms with van der Waals surface area (Å²) in [5, 5.41) is 19.7. The summed E-state index contributed by atoms with van der Waals surface area (Å²) in [5.41, 5.74) is 0.478. The highest BCUT2D eigenvalue weighted by Crippen LogP contribution is 2.41. The fourth-order valence-electron chi connectivity index (χ4n) is 1.96. The minimum Gasteiger partial charge on any atom is -0.340 e. The van der Waals surface area contributed by atoms with Gasteiger partial charge in [0.2, 0.25) is 0 Å². The van der Waals surface area contributed by atoms with E-state index in [1.807, 2.05) is 19.2 Å². The van der Waals surface area contributed by atoms with E-state index in [1.165, 1.54) is 12.8 Å². The zero-order valence-corrected chi connectivity index (χ0v) is 12.1. The molecular weight excluding hydrogens is 276 g/mol. The molecule has 7 nitrogen and oxygen atoms in total. The summed E-state index contributed by atoms with van der Waals surface area (Å²) < 4.78 is 0. The van der Waals surface area contributed by atoms with Crippen LogP contribution in [0.25, 0.3) is 0 Å². The maximum atomic E-state index is 12.3. The van der Waals surface area contributed by atoms with Crippen molar-refractivity contribution in [1.29, 1.82) is 0 Å². The molecular formula is C12H16N6OS. The van der Waals surface area contributed by atoms with E-state index in [0.717, 1.165) is 5.01 Å². The van der Waals surface area contributed by atoms with Crippen LogP contribution in [0.4, 0.5) is 0 Å². The fraction of sp³-hybridized carbons (Fsp3) is 0.583. The van der Waals surface area contributed by atoms with Crippen LogP contribution in [0.2, 0.25) is 0 Å². The van der Waals surface area contributed by atoms with E-state index in [2.05, 4.69) is 30.9 Å². The summed E-state index contributed by atoms with van der Waals surface area (Å²) in [4.78, 5) is 16.7. The third kappa shape index (κ3) is 2.69. The first kappa shape index (κ1) is 13.2. The molecule has 2 aromatic rings. The molecule has 1 atom stereocenters. The van der Waals surface area contributed by atoms with Gasteiger partial charge in [-0.15, -0.1) is 21.5 Å². The van der Waals surface area contributed by atoms with Gasteiger partial charge < -0.3 is 5.32 Å². The summed E-state index contributed by atoms with van der Waals surface area (Å²) in [6.07, 6.45) is 2.37. The molecule has 0 spiro atoms. The van der Waals surface area contributed by atoms with Crippen LogP contribution in [0.5, 0.6) is 0 Å². The quantitative estimate of drug-likeness (QED) is 0.873. The number of hydrogen-bond donors (Lipinski definition) is 2. The predicted octanol–water partition coefficient (Wildman–Crippen LogP) is 1.66. The van der Waals surface area contributed by atoms with Gasteiger partial charge >= 0.3 is 0 Å². The molecule has 2 heterocycles. The number of carbonyl (C=O) groups excluding carboxylic acids is 1. The lowest BCUT2D eigenvalue weighted by Gasteiger charge is -2.18. The molecule has 3 rings (SSSR count). The number of thiazole rings is 1. The van der Waals surface area contributed by atoms with Gasteiger partial charge in [-0.25, -0.2) is 4.98 Å². The number of nitrogens with zero attached hydrogens (tertiary/aromatic N) is 4. The standard InChI is InChI=1S/C12H16N6OS/c1-6(2)9(10-15-17-18-16-10)14-11(19)8-5-20-12(13-8)7-3-4-7/h5-7,9H,3-4H2,1-2H3,(H,14,19)(H,15,16,17,18). The van der Waals surface area contributed by atoms with Crippen molar-refractivity contribution in [2.75, 3.05) is 0 Å². The van der Waals surface area contributed by atoms with Crippen LogP contribution < -0.4 is 5.32 Å². The van der Waals surface area contributed by atoms with E-state index in [0.29, 0.717) is 17.4 Å². The number of amides is 1. The molecule has 1 amide bonds. The average Bonchev–Trinajstić information content (AvgIpc) is 2.95. The fourth-order valence-corrected chi connectivity index (χ4v) is 2.93. The molecule has 8 heteroatoms. The lowest BCUT2D eigenvalue weighted by atomic mass is 10.0. The Kier molecular flexibility index (Phi) is 3.47. The number of carbonyl (C=O) groups is 1. The molecule has 1 saturated carbocycles. The first-order valence-corrected chi connectivity index (χ1v) is 7.52. The summed E-state index contributed by atoms with van der Waals surface area (Å²) in [5.74, 6) is 1.04. The molecule has 1 aliphatic rings. The minimum atomic E-state index is -0.271. The largest absolute Gasteiger partial charge is 0.340 e. The van der Waals surface area contributed by atoms with Crippen molar-refractivity contribution < 1.29 is 4.79 Å². The van der Waals surface area contributed by atoms with Crippen molar-refractivity contribution in [3.05, 3.63) is 21.9 Å². The van der Waals surface area contributed by atoms with E-state index >= 15 is 0 Å². The Morgan fingerprint density at radius 1 is 1.50 bits per heavy atom. The molecule has 1 fully saturated rings. The van der Waals surface area contributed by atoms with Crippen LogP contribution in [0, 0.1) is 5.92 Å². The Morgan fingerprint density at radius 3 is 2.90 bits per heavy atom.